The first-order valence-corrected chi connectivity index (χ1v) is 6.50. The topological polar surface area (TPSA) is 52.3 Å². The van der Waals surface area contributed by atoms with Crippen molar-refractivity contribution in [3.63, 3.8) is 0 Å². The molecule has 0 amide bonds. The van der Waals surface area contributed by atoms with E-state index >= 15 is 0 Å². The van der Waals surface area contributed by atoms with Gasteiger partial charge in [-0.2, -0.15) is 13.2 Å². The van der Waals surface area contributed by atoms with Gasteiger partial charge in [-0.3, -0.25) is 4.40 Å². The molecule has 0 unspecified atom stereocenters. The minimum Gasteiger partial charge on any atom is -0.478 e. The number of hydrogen-bond donors (Lipinski definition) is 0. The van der Waals surface area contributed by atoms with Crippen molar-refractivity contribution in [3.8, 4) is 17.3 Å². The summed E-state index contributed by atoms with van der Waals surface area (Å²) in [6.45, 7) is 2.31. The fraction of sp³-hybridized carbons (Fsp3) is 0.214. The summed E-state index contributed by atoms with van der Waals surface area (Å²) in [5.74, 6) is 0.406. The average Bonchev–Trinajstić information content (AvgIpc) is 2.90. The molecule has 0 saturated heterocycles. The Labute approximate surface area is 151 Å². The number of imidazole rings is 1. The Morgan fingerprint density at radius 2 is 1.96 bits per heavy atom. The molecule has 3 aromatic rings. The predicted octanol–water partition coefficient (Wildman–Crippen LogP) is 2.83. The smallest absolute Gasteiger partial charge is 0.433 e. The summed E-state index contributed by atoms with van der Waals surface area (Å²) in [5.41, 5.74) is 0.103. The van der Waals surface area contributed by atoms with Crippen LogP contribution in [0.15, 0.2) is 36.7 Å². The van der Waals surface area contributed by atoms with Crippen molar-refractivity contribution in [1.82, 2.24) is 19.4 Å². The van der Waals surface area contributed by atoms with Crippen molar-refractivity contribution in [2.24, 2.45) is 0 Å². The van der Waals surface area contributed by atoms with Gasteiger partial charge in [-0.15, -0.1) is 0 Å². The van der Waals surface area contributed by atoms with Gasteiger partial charge < -0.3 is 4.74 Å². The number of alkyl halides is 3. The molecule has 3 heterocycles. The van der Waals surface area contributed by atoms with Crippen LogP contribution in [-0.2, 0) is 6.18 Å². The standard InChI is InChI=1S/C14H11F3N4O.Na/c1-2-22-12-5-3-4-9(19-12)10-8-18-13-20-11(14(15,16)17)6-7-21(10)13;/h3-8H,2H2,1H3;. The fourth-order valence-electron chi connectivity index (χ4n) is 2.00. The van der Waals surface area contributed by atoms with Crippen molar-refractivity contribution in [2.45, 2.75) is 13.1 Å². The molecular formula is C14H11F3N4NaO. The number of nitrogens with zero attached hydrogens (tertiary/aromatic N) is 4. The van der Waals surface area contributed by atoms with Crippen LogP contribution < -0.4 is 4.74 Å². The molecule has 0 aromatic carbocycles. The molecule has 1 radical (unpaired) electrons. The monoisotopic (exact) mass is 331 g/mol. The first-order valence-electron chi connectivity index (χ1n) is 6.50. The number of rotatable bonds is 3. The molecule has 23 heavy (non-hydrogen) atoms. The van der Waals surface area contributed by atoms with E-state index in [-0.39, 0.29) is 35.3 Å². The zero-order valence-electron chi connectivity index (χ0n) is 12.5. The number of pyridine rings is 1. The molecule has 0 spiro atoms. The van der Waals surface area contributed by atoms with Crippen LogP contribution in [0, 0.1) is 0 Å². The molecule has 0 N–H and O–H groups in total. The van der Waals surface area contributed by atoms with Gasteiger partial charge in [0.15, 0.2) is 0 Å². The molecule has 0 fully saturated rings. The minimum absolute atomic E-state index is 0. The number of fused-ring (bicyclic) bond motifs is 1. The Morgan fingerprint density at radius 3 is 2.65 bits per heavy atom. The molecule has 0 aliphatic rings. The SMILES string of the molecule is CCOc1cccc(-c2cnc3nc(C(F)(F)F)ccn23)n1.[Na]. The summed E-state index contributed by atoms with van der Waals surface area (Å²) in [6, 6.07) is 6.09. The maximum atomic E-state index is 12.7. The van der Waals surface area contributed by atoms with Crippen LogP contribution in [0.4, 0.5) is 13.2 Å². The second-order valence-electron chi connectivity index (χ2n) is 4.42. The predicted molar refractivity (Wildman–Crippen MR) is 78.1 cm³/mol. The van der Waals surface area contributed by atoms with Crippen molar-refractivity contribution in [2.75, 3.05) is 6.61 Å². The average molecular weight is 331 g/mol. The van der Waals surface area contributed by atoms with Gasteiger partial charge in [0.25, 0.3) is 0 Å². The van der Waals surface area contributed by atoms with Crippen LogP contribution in [-0.4, -0.2) is 55.5 Å². The summed E-state index contributed by atoms with van der Waals surface area (Å²) in [6.07, 6.45) is -1.79. The van der Waals surface area contributed by atoms with E-state index in [0.717, 1.165) is 6.07 Å². The largest absolute Gasteiger partial charge is 0.478 e. The molecule has 0 bridgehead atoms. The summed E-state index contributed by atoms with van der Waals surface area (Å²) in [5, 5.41) is 0. The normalized spacial score (nSPS) is 11.3. The molecule has 9 heteroatoms. The van der Waals surface area contributed by atoms with Crippen molar-refractivity contribution in [1.29, 1.82) is 0 Å². The second kappa shape index (κ2) is 6.86. The third-order valence-electron chi connectivity index (χ3n) is 2.95. The van der Waals surface area contributed by atoms with Crippen LogP contribution in [0.5, 0.6) is 5.88 Å². The van der Waals surface area contributed by atoms with Crippen LogP contribution >= 0.6 is 0 Å². The second-order valence-corrected chi connectivity index (χ2v) is 4.42. The Morgan fingerprint density at radius 1 is 1.17 bits per heavy atom. The van der Waals surface area contributed by atoms with Gasteiger partial charge in [0.2, 0.25) is 11.7 Å². The molecule has 115 valence electrons. The van der Waals surface area contributed by atoms with E-state index in [0.29, 0.717) is 23.9 Å². The van der Waals surface area contributed by atoms with Gasteiger partial charge in [0.1, 0.15) is 5.69 Å². The molecule has 0 aliphatic heterocycles. The molecule has 0 atom stereocenters. The number of ether oxygens (including phenoxy) is 1. The summed E-state index contributed by atoms with van der Waals surface area (Å²) >= 11 is 0. The van der Waals surface area contributed by atoms with Gasteiger partial charge in [-0.05, 0) is 19.1 Å². The van der Waals surface area contributed by atoms with Crippen molar-refractivity contribution in [3.05, 3.63) is 42.4 Å². The maximum Gasteiger partial charge on any atom is 0.433 e. The van der Waals surface area contributed by atoms with Crippen LogP contribution in [0.25, 0.3) is 17.2 Å². The van der Waals surface area contributed by atoms with Crippen molar-refractivity contribution < 1.29 is 17.9 Å². The van der Waals surface area contributed by atoms with Gasteiger partial charge in [-0.1, -0.05) is 6.07 Å². The Bertz CT molecular complexity index is 819. The zero-order chi connectivity index (χ0) is 15.7. The van der Waals surface area contributed by atoms with E-state index < -0.39 is 11.9 Å². The quantitative estimate of drug-likeness (QED) is 0.693. The fourth-order valence-corrected chi connectivity index (χ4v) is 2.00. The Balaban J connectivity index is 0.00000192. The van der Waals surface area contributed by atoms with Crippen LogP contribution in [0.1, 0.15) is 12.6 Å². The third-order valence-corrected chi connectivity index (χ3v) is 2.95. The minimum atomic E-state index is -4.50. The molecule has 0 saturated carbocycles. The Kier molecular flexibility index (Phi) is 5.28. The first-order chi connectivity index (χ1) is 10.5. The van der Waals surface area contributed by atoms with E-state index in [9.17, 15) is 13.2 Å². The van der Waals surface area contributed by atoms with E-state index in [1.807, 2.05) is 6.92 Å². The third kappa shape index (κ3) is 3.65. The zero-order valence-corrected chi connectivity index (χ0v) is 14.5. The number of halogens is 3. The van der Waals surface area contributed by atoms with Gasteiger partial charge in [-0.25, -0.2) is 15.0 Å². The molecule has 3 aromatic heterocycles. The Hall–Kier alpha value is -1.64. The molecule has 0 aliphatic carbocycles. The number of aromatic nitrogens is 4. The maximum absolute atomic E-state index is 12.7. The molecule has 5 nitrogen and oxygen atoms in total. The first kappa shape index (κ1) is 17.7. The number of hydrogen-bond acceptors (Lipinski definition) is 4. The summed E-state index contributed by atoms with van der Waals surface area (Å²) in [4.78, 5) is 11.7. The summed E-state index contributed by atoms with van der Waals surface area (Å²) < 4.78 is 44.7. The molecular weight excluding hydrogens is 320 g/mol. The van der Waals surface area contributed by atoms with Gasteiger partial charge >= 0.3 is 6.18 Å². The van der Waals surface area contributed by atoms with Crippen LogP contribution in [0.2, 0.25) is 0 Å². The van der Waals surface area contributed by atoms with E-state index in [2.05, 4.69) is 15.0 Å². The van der Waals surface area contributed by atoms with E-state index in [1.54, 1.807) is 18.2 Å². The summed E-state index contributed by atoms with van der Waals surface area (Å²) in [7, 11) is 0. The van der Waals surface area contributed by atoms with Crippen molar-refractivity contribution >= 4 is 35.3 Å². The van der Waals surface area contributed by atoms with Gasteiger partial charge in [0, 0.05) is 41.8 Å². The van der Waals surface area contributed by atoms with Gasteiger partial charge in [0.05, 0.1) is 24.2 Å². The van der Waals surface area contributed by atoms with Crippen LogP contribution in [0.3, 0.4) is 0 Å². The van der Waals surface area contributed by atoms with E-state index in [1.165, 1.54) is 16.8 Å². The molecule has 3 rings (SSSR count). The van der Waals surface area contributed by atoms with E-state index in [4.69, 9.17) is 4.74 Å².